The largest absolute Gasteiger partial charge is 0.459 e. The molecule has 15 atom stereocenters. The van der Waals surface area contributed by atoms with E-state index in [0.29, 0.717) is 56.9 Å². The molecule has 4 rings (SSSR count). The number of hydrogen-bond donors (Lipinski definition) is 3. The van der Waals surface area contributed by atoms with Crippen molar-refractivity contribution in [2.24, 2.45) is 35.3 Å². The van der Waals surface area contributed by atoms with Crippen LogP contribution in [0.5, 0.6) is 0 Å². The Morgan fingerprint density at radius 3 is 2.21 bits per heavy atom. The first-order chi connectivity index (χ1) is 31.3. The maximum Gasteiger partial charge on any atom is 0.329 e. The normalized spacial score (nSPS) is 38.7. The molecule has 2 saturated heterocycles. The Morgan fingerprint density at radius 2 is 1.55 bits per heavy atom. The van der Waals surface area contributed by atoms with Crippen molar-refractivity contribution in [2.45, 2.75) is 179 Å². The first kappa shape index (κ1) is 55.2. The van der Waals surface area contributed by atoms with E-state index in [4.69, 9.17) is 34.2 Å². The Kier molecular flexibility index (Phi) is 21.6. The zero-order valence-corrected chi connectivity index (χ0v) is 41.1. The molecule has 4 aliphatic rings. The molecule has 0 aromatic heterocycles. The summed E-state index contributed by atoms with van der Waals surface area (Å²) in [6.45, 7) is 10.8. The predicted molar refractivity (Wildman–Crippen MR) is 249 cm³/mol. The average Bonchev–Trinajstić information content (AvgIpc) is 3.30. The van der Waals surface area contributed by atoms with Crippen molar-refractivity contribution < 1.29 is 62.6 Å². The molecule has 1 saturated carbocycles. The van der Waals surface area contributed by atoms with Gasteiger partial charge in [0.1, 0.15) is 30.1 Å². The summed E-state index contributed by atoms with van der Waals surface area (Å²) in [7, 11) is 6.23. The number of esters is 1. The third-order valence-corrected chi connectivity index (χ3v) is 14.5. The van der Waals surface area contributed by atoms with Gasteiger partial charge in [0.15, 0.2) is 5.78 Å². The van der Waals surface area contributed by atoms with E-state index in [1.165, 1.54) is 12.0 Å². The Hall–Kier alpha value is -3.41. The van der Waals surface area contributed by atoms with Crippen molar-refractivity contribution >= 4 is 29.2 Å². The van der Waals surface area contributed by atoms with Crippen LogP contribution in [-0.2, 0) is 52.4 Å². The highest BCUT2D eigenvalue weighted by Crippen LogP contribution is 2.37. The van der Waals surface area contributed by atoms with Gasteiger partial charge in [0.2, 0.25) is 5.79 Å². The standard InChI is InChI=1S/C51H80N2O13/c1-30-16-12-11-13-17-31(2)42(62-8)28-37-21-19-35(6)51(60,66-37)48(57)49(58)53-23-15-14-18-39(53)50(59)65-43(38(52)26-36-20-22-41(61-7)44(27-36)63-9)29-40(54)32(3)25-34(5)46(56)47(64-10)45(55)33(4)24-30/h11-13,16-17,25,30,32-33,35-39,41-44,46-47,56,60H,14-15,18-24,26-29,52H2,1-10H3/b13-11?,16-12+,31-17?,34-25+/t30-,32-,33-,35-,36+,37+,38-,39+,41-,42+,43+,44-,46-,47+,51-/m1/s1. The summed E-state index contributed by atoms with van der Waals surface area (Å²) in [5, 5.41) is 23.4. The van der Waals surface area contributed by atoms with Gasteiger partial charge in [-0.15, -0.1) is 0 Å². The predicted octanol–water partition coefficient (Wildman–Crippen LogP) is 5.53. The third-order valence-electron chi connectivity index (χ3n) is 14.5. The molecular weight excluding hydrogens is 849 g/mol. The van der Waals surface area contributed by atoms with Crippen LogP contribution in [0.4, 0.5) is 0 Å². The number of fused-ring (bicyclic) bond motifs is 3. The lowest BCUT2D eigenvalue weighted by Crippen LogP contribution is -2.61. The fourth-order valence-electron chi connectivity index (χ4n) is 10.1. The van der Waals surface area contributed by atoms with Crippen LogP contribution in [0.2, 0.25) is 0 Å². The number of ether oxygens (including phenoxy) is 6. The Labute approximate surface area is 392 Å². The number of aliphatic hydroxyl groups is 2. The molecule has 3 heterocycles. The average molecular weight is 929 g/mol. The number of hydrogen-bond acceptors (Lipinski definition) is 14. The molecule has 372 valence electrons. The van der Waals surface area contributed by atoms with Crippen LogP contribution in [0.15, 0.2) is 47.6 Å². The van der Waals surface area contributed by atoms with Gasteiger partial charge in [-0.05, 0) is 101 Å². The van der Waals surface area contributed by atoms with Crippen LogP contribution in [-0.4, -0.2) is 140 Å². The van der Waals surface area contributed by atoms with Crippen molar-refractivity contribution in [1.29, 1.82) is 0 Å². The van der Waals surface area contributed by atoms with Gasteiger partial charge in [0, 0.05) is 71.6 Å². The summed E-state index contributed by atoms with van der Waals surface area (Å²) >= 11 is 0. The fraction of sp³-hybridized carbons (Fsp3) is 0.745. The number of ketones is 3. The molecule has 3 aliphatic heterocycles. The molecule has 66 heavy (non-hydrogen) atoms. The number of Topliss-reactive ketones (excluding diaryl/α,β-unsaturated/α-hetero) is 3. The Balaban J connectivity index is 1.70. The number of nitrogens with two attached hydrogens (primary N) is 1. The molecule has 0 radical (unpaired) electrons. The first-order valence-corrected chi connectivity index (χ1v) is 24.1. The van der Waals surface area contributed by atoms with Crippen LogP contribution in [0.1, 0.15) is 119 Å². The summed E-state index contributed by atoms with van der Waals surface area (Å²) in [6.07, 6.45) is 11.6. The monoisotopic (exact) mass is 929 g/mol. The molecule has 15 heteroatoms. The van der Waals surface area contributed by atoms with E-state index < -0.39 is 83.8 Å². The van der Waals surface area contributed by atoms with E-state index in [1.54, 1.807) is 48.2 Å². The van der Waals surface area contributed by atoms with Gasteiger partial charge >= 0.3 is 5.97 Å². The molecule has 15 nitrogen and oxygen atoms in total. The van der Waals surface area contributed by atoms with Gasteiger partial charge in [-0.3, -0.25) is 19.2 Å². The number of rotatable bonds is 7. The van der Waals surface area contributed by atoms with E-state index in [-0.39, 0.29) is 55.0 Å². The minimum atomic E-state index is -2.44. The number of nitrogens with zero attached hydrogens (tertiary/aromatic N) is 1. The molecular formula is C51H80N2O13. The van der Waals surface area contributed by atoms with Crippen molar-refractivity contribution in [3.63, 3.8) is 0 Å². The second kappa shape index (κ2) is 25.8. The summed E-state index contributed by atoms with van der Waals surface area (Å²) in [5.74, 6) is -7.89. The Bertz CT molecular complexity index is 1780. The molecule has 2 bridgehead atoms. The summed E-state index contributed by atoms with van der Waals surface area (Å²) in [5.41, 5.74) is 8.14. The summed E-state index contributed by atoms with van der Waals surface area (Å²) in [6, 6.07) is -1.98. The topological polar surface area (TPSA) is 210 Å². The minimum absolute atomic E-state index is 0.0144. The summed E-state index contributed by atoms with van der Waals surface area (Å²) in [4.78, 5) is 71.8. The van der Waals surface area contributed by atoms with Gasteiger partial charge in [-0.2, -0.15) is 0 Å². The third kappa shape index (κ3) is 14.3. The van der Waals surface area contributed by atoms with Crippen molar-refractivity contribution in [3.8, 4) is 0 Å². The molecule has 3 fully saturated rings. The number of aliphatic hydroxyl groups excluding tert-OH is 1. The van der Waals surface area contributed by atoms with Gasteiger partial charge in [0.05, 0.1) is 24.4 Å². The van der Waals surface area contributed by atoms with Crippen LogP contribution in [0.25, 0.3) is 0 Å². The highest BCUT2D eigenvalue weighted by atomic mass is 16.6. The van der Waals surface area contributed by atoms with E-state index in [9.17, 15) is 34.2 Å². The lowest BCUT2D eigenvalue weighted by molar-refractivity contribution is -0.265. The van der Waals surface area contributed by atoms with Crippen molar-refractivity contribution in [2.75, 3.05) is 35.0 Å². The summed E-state index contributed by atoms with van der Waals surface area (Å²) < 4.78 is 35.1. The molecule has 0 spiro atoms. The smallest absolute Gasteiger partial charge is 0.329 e. The molecule has 1 amide bonds. The zero-order valence-electron chi connectivity index (χ0n) is 41.1. The van der Waals surface area contributed by atoms with Gasteiger partial charge < -0.3 is 49.3 Å². The lowest BCUT2D eigenvalue weighted by Gasteiger charge is -2.42. The number of cyclic esters (lactones) is 1. The highest BCUT2D eigenvalue weighted by Gasteiger charge is 2.53. The van der Waals surface area contributed by atoms with Gasteiger partial charge in [-0.1, -0.05) is 64.2 Å². The van der Waals surface area contributed by atoms with E-state index in [1.807, 2.05) is 51.2 Å². The lowest BCUT2D eigenvalue weighted by atomic mass is 9.80. The maximum absolute atomic E-state index is 14.4. The SMILES string of the molecule is CO[C@H]1C[C@@H]2CC[C@@H](C)[C@@](O)(O2)C(=O)C(=O)N2CCCC[C@H]2C(=O)O[C@H]([C@H](N)C[C@@H]2CC[C@@H](OC)[C@H](OC)C2)CC(=O)[C@H](C)/C=C(\C)[C@@H](O)[C@@H](OC)C(=O)[C@H](C)C[C@H](C)/C=C/C=CC=C1C. The van der Waals surface area contributed by atoms with E-state index >= 15 is 0 Å². The van der Waals surface area contributed by atoms with Crippen molar-refractivity contribution in [1.82, 2.24) is 4.90 Å². The second-order valence-corrected chi connectivity index (χ2v) is 19.5. The van der Waals surface area contributed by atoms with Crippen molar-refractivity contribution in [3.05, 3.63) is 47.6 Å². The van der Waals surface area contributed by atoms with E-state index in [0.717, 1.165) is 18.4 Å². The molecule has 0 aromatic rings. The molecule has 1 aliphatic carbocycles. The Morgan fingerprint density at radius 1 is 0.833 bits per heavy atom. The van der Waals surface area contributed by atoms with Crippen LogP contribution < -0.4 is 5.73 Å². The van der Waals surface area contributed by atoms with Crippen LogP contribution >= 0.6 is 0 Å². The number of piperidine rings is 1. The maximum atomic E-state index is 14.4. The first-order valence-electron chi connectivity index (χ1n) is 24.1. The van der Waals surface area contributed by atoms with E-state index in [2.05, 4.69) is 0 Å². The number of carbonyl (C=O) groups is 5. The number of methoxy groups -OCH3 is 4. The van der Waals surface area contributed by atoms with Gasteiger partial charge in [0.25, 0.3) is 11.7 Å². The number of allylic oxidation sites excluding steroid dienone is 6. The fourth-order valence-corrected chi connectivity index (χ4v) is 10.1. The number of carbonyl (C=O) groups excluding carboxylic acids is 5. The quantitative estimate of drug-likeness (QED) is 0.163. The number of amides is 1. The molecule has 0 aromatic carbocycles. The molecule has 4 N–H and O–H groups in total. The molecule has 0 unspecified atom stereocenters. The van der Waals surface area contributed by atoms with Gasteiger partial charge in [-0.25, -0.2) is 4.79 Å². The second-order valence-electron chi connectivity index (χ2n) is 19.5. The van der Waals surface area contributed by atoms with Crippen LogP contribution in [0.3, 0.4) is 0 Å². The zero-order chi connectivity index (χ0) is 48.9. The highest BCUT2D eigenvalue weighted by molar-refractivity contribution is 6.39. The van der Waals surface area contributed by atoms with Crippen LogP contribution in [0, 0.1) is 29.6 Å². The minimum Gasteiger partial charge on any atom is -0.459 e.